The lowest BCUT2D eigenvalue weighted by atomic mass is 10.2. The highest BCUT2D eigenvalue weighted by molar-refractivity contribution is 9.10. The second kappa shape index (κ2) is 5.65. The van der Waals surface area contributed by atoms with Gasteiger partial charge in [-0.15, -0.1) is 0 Å². The zero-order valence-electron chi connectivity index (χ0n) is 8.66. The van der Waals surface area contributed by atoms with Crippen LogP contribution in [-0.4, -0.2) is 23.5 Å². The number of benzene rings is 1. The van der Waals surface area contributed by atoms with Crippen LogP contribution in [0.3, 0.4) is 0 Å². The minimum absolute atomic E-state index is 0.363. The number of rotatable bonds is 4. The third-order valence-electron chi connectivity index (χ3n) is 2.25. The smallest absolute Gasteiger partial charge is 0.328 e. The molecule has 0 aliphatic rings. The molecule has 0 bridgehead atoms. The quantitative estimate of drug-likeness (QED) is 0.786. The molecule has 0 spiro atoms. The third-order valence-corrected chi connectivity index (χ3v) is 4.87. The van der Waals surface area contributed by atoms with Crippen LogP contribution in [0.5, 0.6) is 0 Å². The molecule has 4 heteroatoms. The van der Waals surface area contributed by atoms with Crippen molar-refractivity contribution in [3.63, 3.8) is 0 Å². The molecule has 1 aromatic carbocycles. The van der Waals surface area contributed by atoms with E-state index in [1.54, 1.807) is 14.2 Å². The average molecular weight is 275 g/mol. The van der Waals surface area contributed by atoms with E-state index in [4.69, 9.17) is 8.85 Å². The van der Waals surface area contributed by atoms with Gasteiger partial charge >= 0.3 is 9.28 Å². The highest BCUT2D eigenvalue weighted by Gasteiger charge is 2.21. The first-order valence-electron chi connectivity index (χ1n) is 4.50. The molecule has 0 fully saturated rings. The molecule has 0 aliphatic carbocycles. The Hall–Kier alpha value is -0.163. The van der Waals surface area contributed by atoms with E-state index in [9.17, 15) is 0 Å². The zero-order valence-corrected chi connectivity index (χ0v) is 11.4. The normalized spacial score (nSPS) is 13.2. The van der Waals surface area contributed by atoms with Crippen LogP contribution in [0.25, 0.3) is 0 Å². The predicted molar refractivity (Wildman–Crippen MR) is 63.7 cm³/mol. The minimum atomic E-state index is -1.55. The molecule has 0 amide bonds. The predicted octanol–water partition coefficient (Wildman–Crippen LogP) is 2.61. The molecule has 2 nitrogen and oxygen atoms in total. The molecule has 1 rings (SSSR count). The Kier molecular flexibility index (Phi) is 4.81. The summed E-state index contributed by atoms with van der Waals surface area (Å²) in [6, 6.07) is 8.27. The molecule has 0 heterocycles. The van der Waals surface area contributed by atoms with Crippen molar-refractivity contribution in [2.24, 2.45) is 0 Å². The lowest BCUT2D eigenvalue weighted by molar-refractivity contribution is 0.269. The summed E-state index contributed by atoms with van der Waals surface area (Å²) >= 11 is 3.46. The first kappa shape index (κ1) is 11.9. The average Bonchev–Trinajstić information content (AvgIpc) is 2.19. The van der Waals surface area contributed by atoms with Gasteiger partial charge in [0.1, 0.15) is 0 Å². The van der Waals surface area contributed by atoms with Gasteiger partial charge in [0.05, 0.1) is 0 Å². The Morgan fingerprint density at radius 1 is 1.29 bits per heavy atom. The molecule has 78 valence electrons. The summed E-state index contributed by atoms with van der Waals surface area (Å²) in [7, 11) is 1.88. The van der Waals surface area contributed by atoms with Crippen LogP contribution in [-0.2, 0) is 8.85 Å². The van der Waals surface area contributed by atoms with Gasteiger partial charge in [0.15, 0.2) is 0 Å². The van der Waals surface area contributed by atoms with E-state index in [1.165, 1.54) is 5.56 Å². The Morgan fingerprint density at radius 3 is 2.43 bits per heavy atom. The largest absolute Gasteiger partial charge is 0.400 e. The summed E-state index contributed by atoms with van der Waals surface area (Å²) in [5.41, 5.74) is 1.63. The Morgan fingerprint density at radius 2 is 1.93 bits per heavy atom. The van der Waals surface area contributed by atoms with E-state index in [2.05, 4.69) is 35.0 Å². The summed E-state index contributed by atoms with van der Waals surface area (Å²) in [6.45, 7) is 2.14. The van der Waals surface area contributed by atoms with Crippen molar-refractivity contribution >= 4 is 25.2 Å². The van der Waals surface area contributed by atoms with Crippen molar-refractivity contribution in [3.8, 4) is 0 Å². The van der Waals surface area contributed by atoms with Crippen molar-refractivity contribution in [2.45, 2.75) is 12.5 Å². The van der Waals surface area contributed by atoms with Crippen LogP contribution in [0.1, 0.15) is 18.0 Å². The van der Waals surface area contributed by atoms with E-state index in [1.807, 2.05) is 12.1 Å². The maximum atomic E-state index is 5.36. The molecule has 0 aromatic heterocycles. The van der Waals surface area contributed by atoms with Crippen molar-refractivity contribution in [1.82, 2.24) is 0 Å². The molecular weight excluding hydrogens is 260 g/mol. The zero-order chi connectivity index (χ0) is 10.6. The Balaban J connectivity index is 2.82. The van der Waals surface area contributed by atoms with E-state index < -0.39 is 9.28 Å². The molecule has 1 aromatic rings. The van der Waals surface area contributed by atoms with E-state index in [0.717, 1.165) is 4.47 Å². The standard InChI is InChI=1S/C10H15BrO2Si/c1-8(14(12-2)13-3)9-5-4-6-10(11)7-9/h4-8,14H,1-3H3. The van der Waals surface area contributed by atoms with Crippen molar-refractivity contribution in [2.75, 3.05) is 14.2 Å². The second-order valence-electron chi connectivity index (χ2n) is 3.18. The summed E-state index contributed by atoms with van der Waals surface area (Å²) in [4.78, 5) is 0. The van der Waals surface area contributed by atoms with E-state index >= 15 is 0 Å². The van der Waals surface area contributed by atoms with E-state index in [0.29, 0.717) is 5.54 Å². The molecule has 1 atom stereocenters. The van der Waals surface area contributed by atoms with E-state index in [-0.39, 0.29) is 0 Å². The van der Waals surface area contributed by atoms with Gasteiger partial charge in [0, 0.05) is 24.2 Å². The van der Waals surface area contributed by atoms with Gasteiger partial charge in [-0.1, -0.05) is 35.0 Å². The SMILES string of the molecule is CO[SiH](OC)C(C)c1cccc(Br)c1. The minimum Gasteiger partial charge on any atom is -0.400 e. The monoisotopic (exact) mass is 274 g/mol. The molecule has 0 radical (unpaired) electrons. The number of hydrogen-bond donors (Lipinski definition) is 0. The molecule has 14 heavy (non-hydrogen) atoms. The maximum Gasteiger partial charge on any atom is 0.328 e. The van der Waals surface area contributed by atoms with Crippen LogP contribution >= 0.6 is 15.9 Å². The first-order chi connectivity index (χ1) is 6.69. The fourth-order valence-electron chi connectivity index (χ4n) is 1.45. The fourth-order valence-corrected chi connectivity index (χ4v) is 3.40. The summed E-state index contributed by atoms with van der Waals surface area (Å²) in [5.74, 6) is 0. The van der Waals surface area contributed by atoms with Gasteiger partial charge in [-0.3, -0.25) is 0 Å². The van der Waals surface area contributed by atoms with Crippen molar-refractivity contribution in [1.29, 1.82) is 0 Å². The Labute approximate surface area is 95.2 Å². The summed E-state index contributed by atoms with van der Waals surface area (Å²) in [5, 5.41) is 0. The first-order valence-corrected chi connectivity index (χ1v) is 6.90. The van der Waals surface area contributed by atoms with Gasteiger partial charge in [-0.2, -0.15) is 0 Å². The topological polar surface area (TPSA) is 18.5 Å². The number of hydrogen-bond acceptors (Lipinski definition) is 2. The highest BCUT2D eigenvalue weighted by atomic mass is 79.9. The molecule has 0 N–H and O–H groups in total. The summed E-state index contributed by atoms with van der Waals surface area (Å²) in [6.07, 6.45) is 0. The Bertz CT molecular complexity index is 289. The van der Waals surface area contributed by atoms with Crippen molar-refractivity contribution < 1.29 is 8.85 Å². The fraction of sp³-hybridized carbons (Fsp3) is 0.400. The lowest BCUT2D eigenvalue weighted by Crippen LogP contribution is -2.26. The third kappa shape index (κ3) is 2.92. The molecule has 1 unspecified atom stereocenters. The molecular formula is C10H15BrO2Si. The van der Waals surface area contributed by atoms with Gasteiger partial charge in [0.2, 0.25) is 0 Å². The van der Waals surface area contributed by atoms with Crippen LogP contribution in [0.15, 0.2) is 28.7 Å². The molecule has 0 saturated heterocycles. The van der Waals surface area contributed by atoms with Crippen molar-refractivity contribution in [3.05, 3.63) is 34.3 Å². The molecule has 0 aliphatic heterocycles. The highest BCUT2D eigenvalue weighted by Crippen LogP contribution is 2.22. The second-order valence-corrected chi connectivity index (χ2v) is 6.78. The molecule has 0 saturated carbocycles. The van der Waals surface area contributed by atoms with Gasteiger partial charge in [0.25, 0.3) is 0 Å². The lowest BCUT2D eigenvalue weighted by Gasteiger charge is -2.19. The van der Waals surface area contributed by atoms with Gasteiger partial charge in [-0.05, 0) is 17.7 Å². The number of halogens is 1. The van der Waals surface area contributed by atoms with Crippen LogP contribution in [0, 0.1) is 0 Å². The van der Waals surface area contributed by atoms with Gasteiger partial charge in [-0.25, -0.2) is 0 Å². The van der Waals surface area contributed by atoms with Crippen LogP contribution in [0.4, 0.5) is 0 Å². The van der Waals surface area contributed by atoms with Crippen LogP contribution in [0.2, 0.25) is 0 Å². The maximum absolute atomic E-state index is 5.36. The summed E-state index contributed by atoms with van der Waals surface area (Å²) < 4.78 is 11.8. The van der Waals surface area contributed by atoms with Gasteiger partial charge < -0.3 is 8.85 Å². The van der Waals surface area contributed by atoms with Crippen LogP contribution < -0.4 is 0 Å².